The molecule has 10 rings (SSSR count). The summed E-state index contributed by atoms with van der Waals surface area (Å²) in [7, 11) is -5.49. The van der Waals surface area contributed by atoms with Crippen molar-refractivity contribution in [2.75, 3.05) is 0 Å². The fourth-order valence-corrected chi connectivity index (χ4v) is 18.8. The summed E-state index contributed by atoms with van der Waals surface area (Å²) in [6.07, 6.45) is 5.27. The second kappa shape index (κ2) is 17.2. The van der Waals surface area contributed by atoms with Crippen molar-refractivity contribution >= 4 is 57.6 Å². The molecule has 0 aliphatic rings. The van der Waals surface area contributed by atoms with Gasteiger partial charge in [-0.1, -0.05) is 224 Å². The minimum Gasteiger partial charge on any atom is -0.256 e. The van der Waals surface area contributed by atoms with E-state index in [2.05, 4.69) is 239 Å². The van der Waals surface area contributed by atoms with Crippen molar-refractivity contribution in [2.24, 2.45) is 0 Å². The normalized spacial score (nSPS) is 11.5. The Morgan fingerprint density at radius 1 is 0.226 bits per heavy atom. The molecule has 2 aromatic heterocycles. The van der Waals surface area contributed by atoms with Gasteiger partial charge in [0.1, 0.15) is 6.33 Å². The van der Waals surface area contributed by atoms with E-state index >= 15 is 0 Å². The zero-order valence-electron chi connectivity index (χ0n) is 34.2. The Balaban J connectivity index is 1.08. The van der Waals surface area contributed by atoms with E-state index in [1.807, 2.05) is 24.4 Å². The molecule has 2 heterocycles. The Hall–Kier alpha value is -7.58. The molecule has 0 atom stereocenters. The molecular weight excluding hydrogens is 783 g/mol. The molecular formula is C57H43N3Si2. The molecule has 5 heteroatoms. The second-order valence-electron chi connectivity index (χ2n) is 15.6. The zero-order chi connectivity index (χ0) is 41.6. The highest BCUT2D eigenvalue weighted by molar-refractivity contribution is 7.20. The molecule has 3 nitrogen and oxygen atoms in total. The third kappa shape index (κ3) is 7.03. The van der Waals surface area contributed by atoms with Gasteiger partial charge in [-0.05, 0) is 70.8 Å². The third-order valence-electron chi connectivity index (χ3n) is 12.3. The summed E-state index contributed by atoms with van der Waals surface area (Å²) < 4.78 is 0. The van der Waals surface area contributed by atoms with Crippen LogP contribution in [0.15, 0.2) is 261 Å². The molecule has 0 aliphatic heterocycles. The van der Waals surface area contributed by atoms with Crippen LogP contribution in [-0.4, -0.2) is 31.1 Å². The summed E-state index contributed by atoms with van der Waals surface area (Å²) in [6, 6.07) is 89.5. The largest absolute Gasteiger partial charge is 0.256 e. The van der Waals surface area contributed by atoms with Crippen molar-refractivity contribution < 1.29 is 0 Å². The quantitative estimate of drug-likeness (QED) is 0.0996. The molecule has 0 saturated carbocycles. The van der Waals surface area contributed by atoms with Gasteiger partial charge in [0.2, 0.25) is 0 Å². The summed E-state index contributed by atoms with van der Waals surface area (Å²) >= 11 is 0. The molecule has 62 heavy (non-hydrogen) atoms. The van der Waals surface area contributed by atoms with Gasteiger partial charge in [0.15, 0.2) is 16.1 Å². The highest BCUT2D eigenvalue weighted by Crippen LogP contribution is 2.22. The van der Waals surface area contributed by atoms with E-state index in [-0.39, 0.29) is 0 Å². The molecule has 0 aliphatic carbocycles. The molecule has 0 bridgehead atoms. The Morgan fingerprint density at radius 3 is 0.839 bits per heavy atom. The van der Waals surface area contributed by atoms with Gasteiger partial charge in [0, 0.05) is 23.5 Å². The number of aromatic nitrogens is 3. The number of pyridine rings is 1. The van der Waals surface area contributed by atoms with Crippen LogP contribution in [0.4, 0.5) is 0 Å². The van der Waals surface area contributed by atoms with E-state index in [1.54, 1.807) is 12.5 Å². The Kier molecular flexibility index (Phi) is 10.7. The van der Waals surface area contributed by atoms with Gasteiger partial charge in [-0.2, -0.15) is 0 Å². The lowest BCUT2D eigenvalue weighted by Gasteiger charge is -2.35. The van der Waals surface area contributed by atoms with Gasteiger partial charge < -0.3 is 0 Å². The predicted molar refractivity (Wildman–Crippen MR) is 263 cm³/mol. The Bertz CT molecular complexity index is 2700. The number of hydrogen-bond acceptors (Lipinski definition) is 3. The smallest absolute Gasteiger partial charge is 0.179 e. The summed E-state index contributed by atoms with van der Waals surface area (Å²) in [5.74, 6) is 0. The van der Waals surface area contributed by atoms with E-state index in [1.165, 1.54) is 52.6 Å². The SMILES string of the molecule is c1ccc([Si](c2ccccc2)(c2ccc(-c3ccc([Si](c4ccccc4)(c4ccccc4)c4ccc(-c5ccncn5)cc4)cc3)cc2)c2ccc(-c3ccccn3)cc2)cc1. The van der Waals surface area contributed by atoms with Crippen LogP contribution in [-0.2, 0) is 0 Å². The lowest BCUT2D eigenvalue weighted by Crippen LogP contribution is -2.74. The van der Waals surface area contributed by atoms with Crippen molar-refractivity contribution in [1.82, 2.24) is 15.0 Å². The summed E-state index contributed by atoms with van der Waals surface area (Å²) in [5.41, 5.74) is 6.46. The van der Waals surface area contributed by atoms with E-state index in [9.17, 15) is 0 Å². The van der Waals surface area contributed by atoms with Gasteiger partial charge in [-0.15, -0.1) is 0 Å². The highest BCUT2D eigenvalue weighted by atomic mass is 28.3. The standard InChI is InChI=1S/C57H43N3Si2/c1-5-15-48(16-6-1)61(49-17-7-2-8-18-49,54-36-28-46(29-37-54)56-23-13-14-41-59-56)52-32-24-44(25-33-52)45-26-34-53(35-27-45)62(50-19-9-3-10-20-50,51-21-11-4-12-22-51)55-38-30-47(31-39-55)57-40-42-58-43-60-57/h1-43H. The maximum atomic E-state index is 4.64. The van der Waals surface area contributed by atoms with Crippen molar-refractivity contribution in [3.63, 3.8) is 0 Å². The second-order valence-corrected chi connectivity index (χ2v) is 23.2. The van der Waals surface area contributed by atoms with E-state index in [4.69, 9.17) is 0 Å². The van der Waals surface area contributed by atoms with Crippen molar-refractivity contribution in [1.29, 1.82) is 0 Å². The summed E-state index contributed by atoms with van der Waals surface area (Å²) in [4.78, 5) is 13.3. The van der Waals surface area contributed by atoms with E-state index < -0.39 is 16.1 Å². The monoisotopic (exact) mass is 825 g/mol. The van der Waals surface area contributed by atoms with Gasteiger partial charge in [-0.25, -0.2) is 9.97 Å². The molecule has 8 aromatic carbocycles. The Labute approximate surface area is 365 Å². The average Bonchev–Trinajstić information content (AvgIpc) is 3.37. The van der Waals surface area contributed by atoms with Crippen LogP contribution >= 0.6 is 0 Å². The molecule has 0 saturated heterocycles. The number of benzene rings is 8. The van der Waals surface area contributed by atoms with Gasteiger partial charge in [0.05, 0.1) is 11.4 Å². The predicted octanol–water partition coefficient (Wildman–Crippen LogP) is 7.63. The maximum Gasteiger partial charge on any atom is 0.179 e. The van der Waals surface area contributed by atoms with Crippen LogP contribution in [0.5, 0.6) is 0 Å². The van der Waals surface area contributed by atoms with Crippen LogP contribution in [0.2, 0.25) is 0 Å². The number of nitrogens with zero attached hydrogens (tertiary/aromatic N) is 3. The van der Waals surface area contributed by atoms with Crippen LogP contribution in [0.3, 0.4) is 0 Å². The lowest BCUT2D eigenvalue weighted by atomic mass is 10.1. The molecule has 10 aromatic rings. The van der Waals surface area contributed by atoms with Gasteiger partial charge >= 0.3 is 0 Å². The molecule has 0 N–H and O–H groups in total. The van der Waals surface area contributed by atoms with Crippen molar-refractivity contribution in [3.8, 4) is 33.6 Å². The molecule has 0 spiro atoms. The molecule has 0 fully saturated rings. The van der Waals surface area contributed by atoms with Crippen molar-refractivity contribution in [3.05, 3.63) is 261 Å². The van der Waals surface area contributed by atoms with Gasteiger partial charge in [-0.3, -0.25) is 4.98 Å². The summed E-state index contributed by atoms with van der Waals surface area (Å²) in [6.45, 7) is 0. The first kappa shape index (κ1) is 38.6. The van der Waals surface area contributed by atoms with Crippen LogP contribution in [0.25, 0.3) is 33.6 Å². The number of rotatable bonds is 11. The van der Waals surface area contributed by atoms with E-state index in [0.29, 0.717) is 0 Å². The minimum absolute atomic E-state index is 0.916. The minimum atomic E-state index is -2.75. The van der Waals surface area contributed by atoms with Crippen molar-refractivity contribution in [2.45, 2.75) is 0 Å². The highest BCUT2D eigenvalue weighted by Gasteiger charge is 2.42. The molecule has 294 valence electrons. The Morgan fingerprint density at radius 2 is 0.532 bits per heavy atom. The topological polar surface area (TPSA) is 38.7 Å². The fraction of sp³-hybridized carbons (Fsp3) is 0. The fourth-order valence-electron chi connectivity index (χ4n) is 9.35. The molecule has 0 unspecified atom stereocenters. The summed E-state index contributed by atoms with van der Waals surface area (Å²) in [5, 5.41) is 10.7. The number of hydrogen-bond donors (Lipinski definition) is 0. The van der Waals surface area contributed by atoms with Gasteiger partial charge in [0.25, 0.3) is 0 Å². The average molecular weight is 826 g/mol. The first-order valence-electron chi connectivity index (χ1n) is 21.1. The third-order valence-corrected chi connectivity index (χ3v) is 21.9. The first-order valence-corrected chi connectivity index (χ1v) is 25.1. The van der Waals surface area contributed by atoms with E-state index in [0.717, 1.165) is 22.5 Å². The zero-order valence-corrected chi connectivity index (χ0v) is 36.2. The maximum absolute atomic E-state index is 4.64. The molecule has 0 amide bonds. The van der Waals surface area contributed by atoms with Crippen LogP contribution in [0.1, 0.15) is 0 Å². The lowest BCUT2D eigenvalue weighted by molar-refractivity contribution is 1.17. The molecule has 0 radical (unpaired) electrons. The van der Waals surface area contributed by atoms with Crippen LogP contribution in [0, 0.1) is 0 Å². The first-order chi connectivity index (χ1) is 30.7. The van der Waals surface area contributed by atoms with Crippen LogP contribution < -0.4 is 41.5 Å².